The molecule has 3 aromatic rings. The van der Waals surface area contributed by atoms with Gasteiger partial charge in [0, 0.05) is 11.3 Å². The minimum atomic E-state index is 0.583. The van der Waals surface area contributed by atoms with Gasteiger partial charge >= 0.3 is 0 Å². The Labute approximate surface area is 130 Å². The molecule has 1 atom stereocenters. The van der Waals surface area contributed by atoms with Crippen LogP contribution >= 0.6 is 0 Å². The normalized spacial score (nSPS) is 12.3. The molecule has 3 rings (SSSR count). The first-order chi connectivity index (χ1) is 10.7. The lowest BCUT2D eigenvalue weighted by Crippen LogP contribution is -1.95. The van der Waals surface area contributed by atoms with Gasteiger partial charge in [0.15, 0.2) is 0 Å². The zero-order valence-corrected chi connectivity index (χ0v) is 12.9. The Hall–Kier alpha value is -2.62. The highest BCUT2D eigenvalue weighted by molar-refractivity contribution is 5.59. The highest BCUT2D eigenvalue weighted by Gasteiger charge is 2.07. The molecule has 0 aliphatic carbocycles. The van der Waals surface area contributed by atoms with Crippen LogP contribution in [-0.2, 0) is 0 Å². The molecule has 2 N–H and O–H groups in total. The van der Waals surface area contributed by atoms with Crippen molar-refractivity contribution in [2.75, 3.05) is 5.73 Å². The highest BCUT2D eigenvalue weighted by Crippen LogP contribution is 2.23. The molecule has 0 saturated heterocycles. The Morgan fingerprint density at radius 3 is 2.36 bits per heavy atom. The van der Waals surface area contributed by atoms with Crippen LogP contribution in [0.25, 0.3) is 16.9 Å². The number of nitrogens with zero attached hydrogens (tertiary/aromatic N) is 3. The lowest BCUT2D eigenvalue weighted by Gasteiger charge is -2.08. The van der Waals surface area contributed by atoms with Crippen molar-refractivity contribution >= 4 is 5.69 Å². The van der Waals surface area contributed by atoms with Gasteiger partial charge in [-0.05, 0) is 42.2 Å². The summed E-state index contributed by atoms with van der Waals surface area (Å²) in [5.41, 5.74) is 10.7. The molecule has 1 heterocycles. The SMILES string of the molecule is CCC(C)c1ccc(-c2cn(-c3ccc(N)cc3)nn2)cc1. The minimum Gasteiger partial charge on any atom is -0.399 e. The Morgan fingerprint density at radius 2 is 1.73 bits per heavy atom. The van der Waals surface area contributed by atoms with Gasteiger partial charge in [0.1, 0.15) is 5.69 Å². The maximum absolute atomic E-state index is 5.71. The maximum atomic E-state index is 5.71. The lowest BCUT2D eigenvalue weighted by atomic mass is 9.97. The van der Waals surface area contributed by atoms with Gasteiger partial charge in [-0.3, -0.25) is 0 Å². The standard InChI is InChI=1S/C18H20N4/c1-3-13(2)14-4-6-15(7-5-14)18-12-22(21-20-18)17-10-8-16(19)9-11-17/h4-13H,3,19H2,1-2H3. The first-order valence-corrected chi connectivity index (χ1v) is 7.56. The maximum Gasteiger partial charge on any atom is 0.113 e. The number of benzene rings is 2. The molecule has 4 nitrogen and oxygen atoms in total. The van der Waals surface area contributed by atoms with Crippen LogP contribution < -0.4 is 5.73 Å². The summed E-state index contributed by atoms with van der Waals surface area (Å²) in [7, 11) is 0. The van der Waals surface area contributed by atoms with E-state index < -0.39 is 0 Å². The van der Waals surface area contributed by atoms with Gasteiger partial charge in [0.05, 0.1) is 11.9 Å². The van der Waals surface area contributed by atoms with E-state index in [9.17, 15) is 0 Å². The minimum absolute atomic E-state index is 0.583. The van der Waals surface area contributed by atoms with Crippen LogP contribution in [0.3, 0.4) is 0 Å². The van der Waals surface area contributed by atoms with Crippen molar-refractivity contribution in [3.63, 3.8) is 0 Å². The molecule has 0 bridgehead atoms. The third-order valence-electron chi connectivity index (χ3n) is 4.04. The number of hydrogen-bond donors (Lipinski definition) is 1. The summed E-state index contributed by atoms with van der Waals surface area (Å²) in [6, 6.07) is 16.1. The summed E-state index contributed by atoms with van der Waals surface area (Å²) < 4.78 is 1.76. The van der Waals surface area contributed by atoms with Crippen molar-refractivity contribution in [2.45, 2.75) is 26.2 Å². The first-order valence-electron chi connectivity index (χ1n) is 7.56. The second kappa shape index (κ2) is 6.02. The zero-order valence-electron chi connectivity index (χ0n) is 12.9. The average Bonchev–Trinajstić information content (AvgIpc) is 3.05. The average molecular weight is 292 g/mol. The Morgan fingerprint density at radius 1 is 1.05 bits per heavy atom. The predicted octanol–water partition coefficient (Wildman–Crippen LogP) is 4.03. The second-order valence-electron chi connectivity index (χ2n) is 5.57. The van der Waals surface area contributed by atoms with Gasteiger partial charge in [-0.25, -0.2) is 4.68 Å². The molecule has 0 aliphatic heterocycles. The van der Waals surface area contributed by atoms with Crippen molar-refractivity contribution < 1.29 is 0 Å². The highest BCUT2D eigenvalue weighted by atomic mass is 15.4. The topological polar surface area (TPSA) is 56.7 Å². The molecular formula is C18H20N4. The van der Waals surface area contributed by atoms with Crippen LogP contribution in [0.1, 0.15) is 31.7 Å². The molecule has 0 radical (unpaired) electrons. The Balaban J connectivity index is 1.85. The summed E-state index contributed by atoms with van der Waals surface area (Å²) in [6.45, 7) is 4.45. The van der Waals surface area contributed by atoms with Crippen LogP contribution in [0.15, 0.2) is 54.7 Å². The van der Waals surface area contributed by atoms with E-state index in [1.54, 1.807) is 4.68 Å². The zero-order chi connectivity index (χ0) is 15.5. The summed E-state index contributed by atoms with van der Waals surface area (Å²) in [4.78, 5) is 0. The van der Waals surface area contributed by atoms with E-state index in [1.165, 1.54) is 5.56 Å². The van der Waals surface area contributed by atoms with Gasteiger partial charge < -0.3 is 5.73 Å². The van der Waals surface area contributed by atoms with Gasteiger partial charge in [0.2, 0.25) is 0 Å². The van der Waals surface area contributed by atoms with Crippen molar-refractivity contribution in [2.24, 2.45) is 0 Å². The quantitative estimate of drug-likeness (QED) is 0.739. The van der Waals surface area contributed by atoms with E-state index in [4.69, 9.17) is 5.73 Å². The fraction of sp³-hybridized carbons (Fsp3) is 0.222. The molecule has 22 heavy (non-hydrogen) atoms. The first kappa shape index (κ1) is 14.3. The molecule has 2 aromatic carbocycles. The van der Waals surface area contributed by atoms with Crippen molar-refractivity contribution in [3.05, 3.63) is 60.3 Å². The molecule has 1 aromatic heterocycles. The van der Waals surface area contributed by atoms with Gasteiger partial charge in [-0.2, -0.15) is 0 Å². The van der Waals surface area contributed by atoms with Gasteiger partial charge in [-0.15, -0.1) is 5.10 Å². The fourth-order valence-electron chi connectivity index (χ4n) is 2.37. The molecule has 0 spiro atoms. The van der Waals surface area contributed by atoms with E-state index in [0.717, 1.165) is 29.1 Å². The van der Waals surface area contributed by atoms with E-state index in [1.807, 2.05) is 30.5 Å². The molecular weight excluding hydrogens is 272 g/mol. The van der Waals surface area contributed by atoms with E-state index in [0.29, 0.717) is 5.92 Å². The number of nitrogen functional groups attached to an aromatic ring is 1. The summed E-state index contributed by atoms with van der Waals surface area (Å²) in [6.07, 6.45) is 3.08. The Kier molecular flexibility index (Phi) is 3.92. The molecule has 0 amide bonds. The molecule has 0 saturated carbocycles. The second-order valence-corrected chi connectivity index (χ2v) is 5.57. The number of rotatable bonds is 4. The third-order valence-corrected chi connectivity index (χ3v) is 4.04. The predicted molar refractivity (Wildman–Crippen MR) is 89.9 cm³/mol. The van der Waals surface area contributed by atoms with Crippen molar-refractivity contribution in [3.8, 4) is 16.9 Å². The number of nitrogens with two attached hydrogens (primary N) is 1. The van der Waals surface area contributed by atoms with Gasteiger partial charge in [0.25, 0.3) is 0 Å². The summed E-state index contributed by atoms with van der Waals surface area (Å²) >= 11 is 0. The molecule has 0 aliphatic rings. The molecule has 112 valence electrons. The van der Waals surface area contributed by atoms with E-state index in [2.05, 4.69) is 48.4 Å². The summed E-state index contributed by atoms with van der Waals surface area (Å²) in [5.74, 6) is 0.583. The van der Waals surface area contributed by atoms with Crippen molar-refractivity contribution in [1.82, 2.24) is 15.0 Å². The van der Waals surface area contributed by atoms with Crippen LogP contribution in [0.5, 0.6) is 0 Å². The molecule has 1 unspecified atom stereocenters. The number of anilines is 1. The monoisotopic (exact) mass is 292 g/mol. The summed E-state index contributed by atoms with van der Waals surface area (Å²) in [5, 5.41) is 8.45. The van der Waals surface area contributed by atoms with E-state index in [-0.39, 0.29) is 0 Å². The third kappa shape index (κ3) is 2.86. The van der Waals surface area contributed by atoms with Crippen LogP contribution in [0.4, 0.5) is 5.69 Å². The van der Waals surface area contributed by atoms with Gasteiger partial charge in [-0.1, -0.05) is 43.3 Å². The smallest absolute Gasteiger partial charge is 0.113 e. The largest absolute Gasteiger partial charge is 0.399 e. The molecule has 4 heteroatoms. The number of hydrogen-bond acceptors (Lipinski definition) is 3. The van der Waals surface area contributed by atoms with Crippen LogP contribution in [0, 0.1) is 0 Å². The fourth-order valence-corrected chi connectivity index (χ4v) is 2.37. The Bertz CT molecular complexity index is 742. The van der Waals surface area contributed by atoms with Crippen LogP contribution in [0.2, 0.25) is 0 Å². The van der Waals surface area contributed by atoms with Crippen LogP contribution in [-0.4, -0.2) is 15.0 Å². The van der Waals surface area contributed by atoms with Crippen molar-refractivity contribution in [1.29, 1.82) is 0 Å². The molecule has 0 fully saturated rings. The lowest BCUT2D eigenvalue weighted by molar-refractivity contribution is 0.734. The van der Waals surface area contributed by atoms with E-state index >= 15 is 0 Å². The number of aromatic nitrogens is 3.